The van der Waals surface area contributed by atoms with Crippen molar-refractivity contribution in [2.24, 2.45) is 0 Å². The average Bonchev–Trinajstić information content (AvgIpc) is 2.65. The van der Waals surface area contributed by atoms with Gasteiger partial charge in [-0.2, -0.15) is 0 Å². The average molecular weight is 390 g/mol. The summed E-state index contributed by atoms with van der Waals surface area (Å²) in [4.78, 5) is 0. The van der Waals surface area contributed by atoms with Crippen molar-refractivity contribution in [1.82, 2.24) is 0 Å². The van der Waals surface area contributed by atoms with Crippen LogP contribution in [0.3, 0.4) is 0 Å². The van der Waals surface area contributed by atoms with Crippen molar-refractivity contribution < 1.29 is 27.2 Å². The van der Waals surface area contributed by atoms with Gasteiger partial charge in [-0.25, -0.2) is 9.13 Å². The van der Waals surface area contributed by atoms with E-state index in [2.05, 4.69) is 0 Å². The molecule has 0 bridgehead atoms. The summed E-state index contributed by atoms with van der Waals surface area (Å²) in [5.74, 6) is 1.63. The summed E-state index contributed by atoms with van der Waals surface area (Å²) in [6.07, 6.45) is 0. The summed E-state index contributed by atoms with van der Waals surface area (Å²) in [5, 5.41) is 0. The minimum atomic E-state index is -2.74. The van der Waals surface area contributed by atoms with Crippen LogP contribution < -0.4 is 18.1 Å². The van der Waals surface area contributed by atoms with E-state index in [1.165, 1.54) is 0 Å². The molecule has 0 spiro atoms. The smallest absolute Gasteiger partial charge is 0.418 e. The summed E-state index contributed by atoms with van der Waals surface area (Å²) in [6.45, 7) is 0. The van der Waals surface area contributed by atoms with E-state index in [-0.39, 0.29) is 0 Å². The highest BCUT2D eigenvalue weighted by molar-refractivity contribution is 7.34. The first kappa shape index (κ1) is 18.1. The third-order valence-electron chi connectivity index (χ3n) is 3.11. The quantitative estimate of drug-likeness (QED) is 0.481. The first-order valence-corrected chi connectivity index (χ1v) is 10.1. The van der Waals surface area contributed by atoms with E-state index in [1.54, 1.807) is 72.8 Å². The van der Waals surface area contributed by atoms with Gasteiger partial charge in [0.2, 0.25) is 0 Å². The van der Waals surface area contributed by atoms with E-state index in [9.17, 15) is 9.13 Å². The highest BCUT2D eigenvalue weighted by Gasteiger charge is 2.07. The fourth-order valence-corrected chi connectivity index (χ4v) is 3.38. The van der Waals surface area contributed by atoms with Crippen molar-refractivity contribution in [2.75, 3.05) is 0 Å². The molecule has 0 aliphatic heterocycles. The molecule has 6 nitrogen and oxygen atoms in total. The van der Waals surface area contributed by atoms with Crippen LogP contribution >= 0.6 is 16.5 Å². The van der Waals surface area contributed by atoms with Gasteiger partial charge in [0.25, 0.3) is 0 Å². The second-order valence-corrected chi connectivity index (χ2v) is 6.82. The van der Waals surface area contributed by atoms with Crippen molar-refractivity contribution in [3.8, 4) is 23.0 Å². The topological polar surface area (TPSA) is 71.1 Å². The van der Waals surface area contributed by atoms with Gasteiger partial charge in [0, 0.05) is 0 Å². The number of rotatable bonds is 8. The maximum absolute atomic E-state index is 11.9. The van der Waals surface area contributed by atoms with Gasteiger partial charge in [-0.05, 0) is 48.5 Å². The lowest BCUT2D eigenvalue weighted by atomic mass is 10.3. The number of hydrogen-bond acceptors (Lipinski definition) is 6. The summed E-state index contributed by atoms with van der Waals surface area (Å²) in [6, 6.07) is 23.7. The molecule has 3 aromatic rings. The van der Waals surface area contributed by atoms with Crippen molar-refractivity contribution in [3.05, 3.63) is 84.9 Å². The maximum Gasteiger partial charge on any atom is 0.418 e. The lowest BCUT2D eigenvalue weighted by Gasteiger charge is -2.10. The predicted molar refractivity (Wildman–Crippen MR) is 99.8 cm³/mol. The van der Waals surface area contributed by atoms with Crippen LogP contribution in [0.1, 0.15) is 0 Å². The molecule has 8 heteroatoms. The Bertz CT molecular complexity index is 795. The molecule has 3 aromatic carbocycles. The molecule has 0 radical (unpaired) electrons. The second kappa shape index (κ2) is 9.14. The Hall–Kier alpha value is -2.68. The van der Waals surface area contributed by atoms with Gasteiger partial charge in [-0.15, -0.1) is 0 Å². The number of para-hydroxylation sites is 2. The third-order valence-corrected chi connectivity index (χ3v) is 4.72. The number of hydrogen-bond donors (Lipinski definition) is 0. The van der Waals surface area contributed by atoms with Gasteiger partial charge in [0.1, 0.15) is 23.0 Å². The number of benzene rings is 3. The fraction of sp³-hybridized carbons (Fsp3) is 0. The molecular weight excluding hydrogens is 374 g/mol. The molecule has 0 aromatic heterocycles. The first-order valence-electron chi connectivity index (χ1n) is 7.68. The Morgan fingerprint density at radius 2 is 0.692 bits per heavy atom. The van der Waals surface area contributed by atoms with Gasteiger partial charge in [0.05, 0.1) is 0 Å². The molecule has 2 atom stereocenters. The Balaban J connectivity index is 1.51. The SMILES string of the molecule is O=[PH](Oc1ccccc1)Oc1ccc(O[PH](=O)Oc2ccccc2)cc1. The van der Waals surface area contributed by atoms with Crippen LogP contribution in [0, 0.1) is 0 Å². The van der Waals surface area contributed by atoms with Crippen LogP contribution in [0.2, 0.25) is 0 Å². The zero-order valence-corrected chi connectivity index (χ0v) is 15.5. The van der Waals surface area contributed by atoms with E-state index in [0.29, 0.717) is 23.0 Å². The molecule has 0 saturated carbocycles. The van der Waals surface area contributed by atoms with E-state index in [0.717, 1.165) is 0 Å². The zero-order chi connectivity index (χ0) is 18.2. The third kappa shape index (κ3) is 5.69. The summed E-state index contributed by atoms with van der Waals surface area (Å²) in [7, 11) is -5.48. The molecular formula is C18H16O6P2. The minimum absolute atomic E-state index is 0.348. The normalized spacial score (nSPS) is 12.6. The minimum Gasteiger partial charge on any atom is -0.418 e. The van der Waals surface area contributed by atoms with Gasteiger partial charge in [-0.1, -0.05) is 36.4 Å². The molecule has 0 N–H and O–H groups in total. The summed E-state index contributed by atoms with van der Waals surface area (Å²) < 4.78 is 44.7. The zero-order valence-electron chi connectivity index (χ0n) is 13.5. The van der Waals surface area contributed by atoms with Crippen LogP contribution in [0.4, 0.5) is 0 Å². The van der Waals surface area contributed by atoms with Crippen LogP contribution in [0.5, 0.6) is 23.0 Å². The summed E-state index contributed by atoms with van der Waals surface area (Å²) >= 11 is 0. The van der Waals surface area contributed by atoms with Crippen molar-refractivity contribution in [3.63, 3.8) is 0 Å². The Kier molecular flexibility index (Phi) is 6.37. The van der Waals surface area contributed by atoms with Gasteiger partial charge >= 0.3 is 16.5 Å². The predicted octanol–water partition coefficient (Wildman–Crippen LogP) is 5.38. The van der Waals surface area contributed by atoms with E-state index in [1.807, 2.05) is 12.1 Å². The monoisotopic (exact) mass is 390 g/mol. The molecule has 134 valence electrons. The highest BCUT2D eigenvalue weighted by atomic mass is 31.1. The van der Waals surface area contributed by atoms with Crippen molar-refractivity contribution in [2.45, 2.75) is 0 Å². The van der Waals surface area contributed by atoms with Gasteiger partial charge in [0.15, 0.2) is 0 Å². The van der Waals surface area contributed by atoms with Crippen LogP contribution in [-0.2, 0) is 9.13 Å². The fourth-order valence-electron chi connectivity index (χ4n) is 1.98. The lowest BCUT2D eigenvalue weighted by Crippen LogP contribution is -1.90. The summed E-state index contributed by atoms with van der Waals surface area (Å²) in [5.41, 5.74) is 0. The van der Waals surface area contributed by atoms with E-state index < -0.39 is 16.5 Å². The van der Waals surface area contributed by atoms with Gasteiger partial charge in [-0.3, -0.25) is 0 Å². The lowest BCUT2D eigenvalue weighted by molar-refractivity contribution is 0.410. The Morgan fingerprint density at radius 1 is 0.423 bits per heavy atom. The maximum atomic E-state index is 11.9. The molecule has 0 aliphatic rings. The molecule has 2 unspecified atom stereocenters. The molecule has 3 rings (SSSR count). The van der Waals surface area contributed by atoms with Crippen LogP contribution in [-0.4, -0.2) is 0 Å². The van der Waals surface area contributed by atoms with Crippen LogP contribution in [0.15, 0.2) is 84.9 Å². The first-order chi connectivity index (χ1) is 12.7. The Morgan fingerprint density at radius 3 is 1.00 bits per heavy atom. The molecule has 0 aliphatic carbocycles. The van der Waals surface area contributed by atoms with Gasteiger partial charge < -0.3 is 18.1 Å². The van der Waals surface area contributed by atoms with E-state index >= 15 is 0 Å². The molecule has 0 amide bonds. The van der Waals surface area contributed by atoms with Crippen molar-refractivity contribution in [1.29, 1.82) is 0 Å². The standard InChI is InChI=1S/C18H16O6P2/c19-25(21-15-7-3-1-4-8-15)23-17-11-13-18(14-12-17)24-26(20)22-16-9-5-2-6-10-16/h1-14,25-26H. The molecule has 0 fully saturated rings. The van der Waals surface area contributed by atoms with Crippen LogP contribution in [0.25, 0.3) is 0 Å². The van der Waals surface area contributed by atoms with Crippen molar-refractivity contribution >= 4 is 16.5 Å². The molecule has 0 heterocycles. The highest BCUT2D eigenvalue weighted by Crippen LogP contribution is 2.34. The second-order valence-electron chi connectivity index (χ2n) is 5.01. The molecule has 0 saturated heterocycles. The van der Waals surface area contributed by atoms with E-state index in [4.69, 9.17) is 18.1 Å². The molecule has 26 heavy (non-hydrogen) atoms. The largest absolute Gasteiger partial charge is 0.418 e. The Labute approximate surface area is 152 Å².